The van der Waals surface area contributed by atoms with Gasteiger partial charge in [-0.1, -0.05) is 17.8 Å². The van der Waals surface area contributed by atoms with E-state index in [1.54, 1.807) is 12.1 Å². The van der Waals surface area contributed by atoms with Crippen LogP contribution in [0.4, 0.5) is 5.69 Å². The standard InChI is InChI=1S/C10H12N4O2S3/c1-14(2)19(15,16)8-5-3-4-7(9(8)11)17-10-12-6-13-18-10/h3-6H,11H2,1-2H3. The van der Waals surface area contributed by atoms with Crippen molar-refractivity contribution >= 4 is 39.0 Å². The number of para-hydroxylation sites is 1. The maximum absolute atomic E-state index is 12.1. The van der Waals surface area contributed by atoms with Gasteiger partial charge in [0.25, 0.3) is 0 Å². The average Bonchev–Trinajstić information content (AvgIpc) is 2.84. The molecule has 0 radical (unpaired) electrons. The molecular weight excluding hydrogens is 304 g/mol. The fourth-order valence-corrected chi connectivity index (χ4v) is 3.91. The van der Waals surface area contributed by atoms with Gasteiger partial charge in [-0.05, 0) is 23.7 Å². The monoisotopic (exact) mass is 316 g/mol. The molecule has 0 atom stereocenters. The van der Waals surface area contributed by atoms with Crippen LogP contribution in [0.1, 0.15) is 0 Å². The molecule has 0 aliphatic heterocycles. The minimum atomic E-state index is -3.55. The van der Waals surface area contributed by atoms with Crippen molar-refractivity contribution < 1.29 is 8.42 Å². The highest BCUT2D eigenvalue weighted by atomic mass is 32.2. The number of hydrogen-bond donors (Lipinski definition) is 1. The maximum atomic E-state index is 12.1. The van der Waals surface area contributed by atoms with Crippen molar-refractivity contribution in [1.82, 2.24) is 13.7 Å². The van der Waals surface area contributed by atoms with Crippen LogP contribution in [0.5, 0.6) is 0 Å². The third-order valence-corrected chi connectivity index (χ3v) is 5.99. The van der Waals surface area contributed by atoms with Gasteiger partial charge < -0.3 is 5.73 Å². The summed E-state index contributed by atoms with van der Waals surface area (Å²) >= 11 is 2.53. The first-order valence-electron chi connectivity index (χ1n) is 5.18. The van der Waals surface area contributed by atoms with Gasteiger partial charge >= 0.3 is 0 Å². The lowest BCUT2D eigenvalue weighted by Crippen LogP contribution is -2.23. The average molecular weight is 316 g/mol. The molecule has 0 saturated carbocycles. The highest BCUT2D eigenvalue weighted by Gasteiger charge is 2.22. The van der Waals surface area contributed by atoms with E-state index in [9.17, 15) is 8.42 Å². The number of nitrogen functional groups attached to an aromatic ring is 1. The van der Waals surface area contributed by atoms with Crippen LogP contribution in [0, 0.1) is 0 Å². The summed E-state index contributed by atoms with van der Waals surface area (Å²) in [7, 11) is -0.603. The van der Waals surface area contributed by atoms with E-state index in [1.807, 2.05) is 0 Å². The zero-order chi connectivity index (χ0) is 14.0. The van der Waals surface area contributed by atoms with Crippen LogP contribution in [0.2, 0.25) is 0 Å². The van der Waals surface area contributed by atoms with E-state index < -0.39 is 10.0 Å². The van der Waals surface area contributed by atoms with E-state index in [2.05, 4.69) is 9.36 Å². The normalized spacial score (nSPS) is 11.9. The van der Waals surface area contributed by atoms with Gasteiger partial charge in [0.1, 0.15) is 11.2 Å². The number of nitrogens with zero attached hydrogens (tertiary/aromatic N) is 3. The molecule has 6 nitrogen and oxygen atoms in total. The second-order valence-electron chi connectivity index (χ2n) is 3.76. The molecule has 1 heterocycles. The molecule has 0 spiro atoms. The first-order valence-corrected chi connectivity index (χ1v) is 8.21. The van der Waals surface area contributed by atoms with Gasteiger partial charge in [-0.15, -0.1) is 0 Å². The maximum Gasteiger partial charge on any atom is 0.244 e. The molecule has 0 fully saturated rings. The number of hydrogen-bond acceptors (Lipinski definition) is 7. The Morgan fingerprint density at radius 2 is 2.11 bits per heavy atom. The highest BCUT2D eigenvalue weighted by Crippen LogP contribution is 2.36. The van der Waals surface area contributed by atoms with E-state index in [0.717, 1.165) is 4.31 Å². The minimum Gasteiger partial charge on any atom is -0.397 e. The number of aromatic nitrogens is 2. The van der Waals surface area contributed by atoms with Crippen molar-refractivity contribution in [3.8, 4) is 0 Å². The van der Waals surface area contributed by atoms with Crippen molar-refractivity contribution in [3.63, 3.8) is 0 Å². The molecule has 9 heteroatoms. The lowest BCUT2D eigenvalue weighted by atomic mass is 10.3. The van der Waals surface area contributed by atoms with Gasteiger partial charge in [-0.25, -0.2) is 17.7 Å². The molecule has 2 N–H and O–H groups in total. The fraction of sp³-hybridized carbons (Fsp3) is 0.200. The van der Waals surface area contributed by atoms with Crippen molar-refractivity contribution in [3.05, 3.63) is 24.5 Å². The Morgan fingerprint density at radius 3 is 2.68 bits per heavy atom. The van der Waals surface area contributed by atoms with Gasteiger partial charge in [0, 0.05) is 19.0 Å². The summed E-state index contributed by atoms with van der Waals surface area (Å²) in [6.07, 6.45) is 1.45. The molecule has 1 aromatic heterocycles. The highest BCUT2D eigenvalue weighted by molar-refractivity contribution is 8.01. The topological polar surface area (TPSA) is 89.2 Å². The summed E-state index contributed by atoms with van der Waals surface area (Å²) < 4.78 is 30.0. The van der Waals surface area contributed by atoms with Crippen LogP contribution >= 0.6 is 23.3 Å². The largest absolute Gasteiger partial charge is 0.397 e. The molecular formula is C10H12N4O2S3. The Bertz CT molecular complexity index is 668. The third kappa shape index (κ3) is 2.89. The predicted molar refractivity (Wildman–Crippen MR) is 75.8 cm³/mol. The molecule has 0 bridgehead atoms. The van der Waals surface area contributed by atoms with Crippen molar-refractivity contribution in [2.45, 2.75) is 14.1 Å². The Hall–Kier alpha value is -1.16. The van der Waals surface area contributed by atoms with Gasteiger partial charge in [0.05, 0.1) is 5.69 Å². The lowest BCUT2D eigenvalue weighted by Gasteiger charge is -2.14. The van der Waals surface area contributed by atoms with Gasteiger partial charge in [-0.3, -0.25) is 0 Å². The van der Waals surface area contributed by atoms with Crippen molar-refractivity contribution in [2.24, 2.45) is 0 Å². The fourth-order valence-electron chi connectivity index (χ4n) is 1.34. The first-order chi connectivity index (χ1) is 8.93. The van der Waals surface area contributed by atoms with Gasteiger partial charge in [0.15, 0.2) is 4.34 Å². The van der Waals surface area contributed by atoms with E-state index in [4.69, 9.17) is 5.73 Å². The number of nitrogens with two attached hydrogens (primary N) is 1. The predicted octanol–water partition coefficient (Wildman–Crippen LogP) is 1.52. The number of sulfonamides is 1. The van der Waals surface area contributed by atoms with Crippen LogP contribution in [0.25, 0.3) is 0 Å². The van der Waals surface area contributed by atoms with Crippen LogP contribution in [-0.4, -0.2) is 36.2 Å². The van der Waals surface area contributed by atoms with E-state index >= 15 is 0 Å². The second kappa shape index (κ2) is 5.45. The minimum absolute atomic E-state index is 0.104. The second-order valence-corrected chi connectivity index (χ2v) is 7.95. The number of benzene rings is 1. The first kappa shape index (κ1) is 14.3. The summed E-state index contributed by atoms with van der Waals surface area (Å²) in [6, 6.07) is 4.92. The van der Waals surface area contributed by atoms with E-state index in [-0.39, 0.29) is 10.6 Å². The van der Waals surface area contributed by atoms with E-state index in [1.165, 1.54) is 49.8 Å². The Morgan fingerprint density at radius 1 is 1.37 bits per heavy atom. The third-order valence-electron chi connectivity index (χ3n) is 2.32. The molecule has 0 aliphatic carbocycles. The summed E-state index contributed by atoms with van der Waals surface area (Å²) in [6.45, 7) is 0. The molecule has 102 valence electrons. The number of anilines is 1. The summed E-state index contributed by atoms with van der Waals surface area (Å²) in [5, 5.41) is 0. The lowest BCUT2D eigenvalue weighted by molar-refractivity contribution is 0.521. The molecule has 0 amide bonds. The Kier molecular flexibility index (Phi) is 4.09. The summed E-state index contributed by atoms with van der Waals surface area (Å²) in [5.41, 5.74) is 6.19. The van der Waals surface area contributed by atoms with Crippen LogP contribution in [0.15, 0.2) is 38.7 Å². The summed E-state index contributed by atoms with van der Waals surface area (Å²) in [5.74, 6) is 0. The zero-order valence-corrected chi connectivity index (χ0v) is 12.7. The molecule has 1 aromatic carbocycles. The van der Waals surface area contributed by atoms with Crippen LogP contribution < -0.4 is 5.73 Å². The number of rotatable bonds is 4. The summed E-state index contributed by atoms with van der Waals surface area (Å²) in [4.78, 5) is 4.79. The van der Waals surface area contributed by atoms with Crippen LogP contribution in [0.3, 0.4) is 0 Å². The quantitative estimate of drug-likeness (QED) is 0.860. The van der Waals surface area contributed by atoms with Gasteiger partial charge in [-0.2, -0.15) is 4.37 Å². The molecule has 0 unspecified atom stereocenters. The zero-order valence-electron chi connectivity index (χ0n) is 10.3. The van der Waals surface area contributed by atoms with Crippen molar-refractivity contribution in [2.75, 3.05) is 19.8 Å². The van der Waals surface area contributed by atoms with Gasteiger partial charge in [0.2, 0.25) is 10.0 Å². The molecule has 2 rings (SSSR count). The smallest absolute Gasteiger partial charge is 0.244 e. The molecule has 0 saturated heterocycles. The molecule has 0 aliphatic rings. The molecule has 2 aromatic rings. The Labute approximate surface area is 119 Å². The van der Waals surface area contributed by atoms with Crippen molar-refractivity contribution in [1.29, 1.82) is 0 Å². The van der Waals surface area contributed by atoms with E-state index in [0.29, 0.717) is 9.24 Å². The Balaban J connectivity index is 2.44. The SMILES string of the molecule is CN(C)S(=O)(=O)c1cccc(Sc2ncns2)c1N. The molecule has 19 heavy (non-hydrogen) atoms. The van der Waals surface area contributed by atoms with Crippen LogP contribution in [-0.2, 0) is 10.0 Å².